The Hall–Kier alpha value is -1.51. The lowest BCUT2D eigenvalue weighted by molar-refractivity contribution is -0.131. The van der Waals surface area contributed by atoms with E-state index in [1.807, 2.05) is 23.1 Å². The first-order chi connectivity index (χ1) is 9.34. The van der Waals surface area contributed by atoms with Crippen LogP contribution in [0.25, 0.3) is 0 Å². The van der Waals surface area contributed by atoms with Gasteiger partial charge in [0.1, 0.15) is 5.75 Å². The van der Waals surface area contributed by atoms with Crippen molar-refractivity contribution in [1.82, 2.24) is 4.90 Å². The number of rotatable bonds is 2. The predicted molar refractivity (Wildman–Crippen MR) is 74.3 cm³/mol. The zero-order chi connectivity index (χ0) is 13.1. The Morgan fingerprint density at radius 2 is 1.89 bits per heavy atom. The number of ether oxygens (including phenoxy) is 1. The third kappa shape index (κ3) is 2.75. The number of hydrogen-bond acceptors (Lipinski definition) is 2. The lowest BCUT2D eigenvalue weighted by Gasteiger charge is -2.21. The second-order valence-electron chi connectivity index (χ2n) is 5.54. The van der Waals surface area contributed by atoms with Gasteiger partial charge in [-0.3, -0.25) is 4.79 Å². The molecule has 3 nitrogen and oxygen atoms in total. The van der Waals surface area contributed by atoms with E-state index in [9.17, 15) is 4.79 Å². The number of carbonyl (C=O) groups is 1. The lowest BCUT2D eigenvalue weighted by atomic mass is 9.97. The highest BCUT2D eigenvalue weighted by molar-refractivity contribution is 5.77. The smallest absolute Gasteiger partial charge is 0.223 e. The molecule has 1 amide bonds. The Morgan fingerprint density at radius 3 is 2.68 bits per heavy atom. The molecule has 102 valence electrons. The van der Waals surface area contributed by atoms with Gasteiger partial charge in [0, 0.05) is 31.0 Å². The van der Waals surface area contributed by atoms with Crippen LogP contribution in [0.4, 0.5) is 0 Å². The molecule has 0 bridgehead atoms. The minimum atomic E-state index is 0.243. The summed E-state index contributed by atoms with van der Waals surface area (Å²) in [5, 5.41) is 0. The predicted octanol–water partition coefficient (Wildman–Crippen LogP) is 2.96. The first-order valence-corrected chi connectivity index (χ1v) is 7.34. The molecule has 19 heavy (non-hydrogen) atoms. The summed E-state index contributed by atoms with van der Waals surface area (Å²) in [6, 6.07) is 8.09. The van der Waals surface area contributed by atoms with Gasteiger partial charge in [-0.05, 0) is 18.9 Å². The average Bonchev–Trinajstić information content (AvgIpc) is 2.66. The van der Waals surface area contributed by atoms with E-state index in [0.717, 1.165) is 31.7 Å². The van der Waals surface area contributed by atoms with Crippen LogP contribution in [0.1, 0.15) is 43.6 Å². The Bertz CT molecular complexity index is 450. The molecule has 2 aliphatic rings. The Balaban J connectivity index is 1.64. The number of carbonyl (C=O) groups excluding carboxylic acids is 1. The summed E-state index contributed by atoms with van der Waals surface area (Å²) in [6.45, 7) is 2.53. The molecule has 1 aromatic carbocycles. The number of para-hydroxylation sites is 1. The number of likely N-dealkylation sites (tertiary alicyclic amines) is 1. The molecule has 2 heterocycles. The molecule has 1 aromatic rings. The molecule has 3 heteroatoms. The van der Waals surface area contributed by atoms with Gasteiger partial charge in [0.25, 0.3) is 0 Å². The Kier molecular flexibility index (Phi) is 3.72. The summed E-state index contributed by atoms with van der Waals surface area (Å²) in [5.41, 5.74) is 1.20. The van der Waals surface area contributed by atoms with Crippen LogP contribution in [0.5, 0.6) is 5.75 Å². The third-order valence-corrected chi connectivity index (χ3v) is 4.18. The van der Waals surface area contributed by atoms with Crippen molar-refractivity contribution < 1.29 is 9.53 Å². The van der Waals surface area contributed by atoms with E-state index in [0.29, 0.717) is 18.9 Å². The van der Waals surface area contributed by atoms with E-state index in [2.05, 4.69) is 6.07 Å². The molecule has 0 N–H and O–H groups in total. The number of fused-ring (bicyclic) bond motifs is 1. The van der Waals surface area contributed by atoms with Gasteiger partial charge < -0.3 is 9.64 Å². The van der Waals surface area contributed by atoms with Gasteiger partial charge in [-0.25, -0.2) is 0 Å². The van der Waals surface area contributed by atoms with E-state index in [-0.39, 0.29) is 5.92 Å². The molecule has 1 fully saturated rings. The molecule has 1 saturated heterocycles. The summed E-state index contributed by atoms with van der Waals surface area (Å²) < 4.78 is 5.65. The molecule has 0 radical (unpaired) electrons. The van der Waals surface area contributed by atoms with Crippen LogP contribution in [0.15, 0.2) is 24.3 Å². The monoisotopic (exact) mass is 259 g/mol. The molecule has 3 rings (SSSR count). The van der Waals surface area contributed by atoms with Crippen LogP contribution in [-0.2, 0) is 4.79 Å². The highest BCUT2D eigenvalue weighted by atomic mass is 16.5. The van der Waals surface area contributed by atoms with Crippen molar-refractivity contribution >= 4 is 5.91 Å². The van der Waals surface area contributed by atoms with Crippen molar-refractivity contribution in [3.05, 3.63) is 29.8 Å². The van der Waals surface area contributed by atoms with Crippen LogP contribution < -0.4 is 4.74 Å². The second-order valence-corrected chi connectivity index (χ2v) is 5.54. The fraction of sp³-hybridized carbons (Fsp3) is 0.562. The first kappa shape index (κ1) is 12.5. The maximum atomic E-state index is 12.4. The molecule has 1 atom stereocenters. The molecule has 0 aromatic heterocycles. The van der Waals surface area contributed by atoms with E-state index < -0.39 is 0 Å². The van der Waals surface area contributed by atoms with Crippen LogP contribution in [0.2, 0.25) is 0 Å². The summed E-state index contributed by atoms with van der Waals surface area (Å²) in [6.07, 6.45) is 5.43. The van der Waals surface area contributed by atoms with Crippen molar-refractivity contribution in [3.63, 3.8) is 0 Å². The first-order valence-electron chi connectivity index (χ1n) is 7.34. The number of amides is 1. The van der Waals surface area contributed by atoms with Gasteiger partial charge in [-0.1, -0.05) is 31.0 Å². The van der Waals surface area contributed by atoms with Crippen molar-refractivity contribution in [2.45, 2.75) is 38.0 Å². The molecule has 0 saturated carbocycles. The quantitative estimate of drug-likeness (QED) is 0.817. The zero-order valence-corrected chi connectivity index (χ0v) is 11.3. The van der Waals surface area contributed by atoms with Gasteiger partial charge in [0.15, 0.2) is 0 Å². The van der Waals surface area contributed by atoms with E-state index in [1.165, 1.54) is 18.4 Å². The third-order valence-electron chi connectivity index (χ3n) is 4.18. The second kappa shape index (κ2) is 5.64. The number of nitrogens with zero attached hydrogens (tertiary/aromatic N) is 1. The van der Waals surface area contributed by atoms with Crippen molar-refractivity contribution in [3.8, 4) is 5.75 Å². The molecule has 0 spiro atoms. The average molecular weight is 259 g/mol. The fourth-order valence-electron chi connectivity index (χ4n) is 3.06. The van der Waals surface area contributed by atoms with E-state index in [1.54, 1.807) is 0 Å². The summed E-state index contributed by atoms with van der Waals surface area (Å²) in [5.74, 6) is 1.50. The Morgan fingerprint density at radius 1 is 1.16 bits per heavy atom. The van der Waals surface area contributed by atoms with Crippen LogP contribution >= 0.6 is 0 Å². The maximum Gasteiger partial charge on any atom is 0.223 e. The van der Waals surface area contributed by atoms with Crippen molar-refractivity contribution in [1.29, 1.82) is 0 Å². The van der Waals surface area contributed by atoms with Gasteiger partial charge >= 0.3 is 0 Å². The minimum Gasteiger partial charge on any atom is -0.493 e. The zero-order valence-electron chi connectivity index (χ0n) is 11.3. The molecule has 0 aliphatic carbocycles. The molecule has 1 unspecified atom stereocenters. The van der Waals surface area contributed by atoms with Crippen LogP contribution in [0, 0.1) is 0 Å². The highest BCUT2D eigenvalue weighted by Crippen LogP contribution is 2.35. The number of hydrogen-bond donors (Lipinski definition) is 0. The van der Waals surface area contributed by atoms with Gasteiger partial charge in [0.05, 0.1) is 6.61 Å². The molecule has 2 aliphatic heterocycles. The summed E-state index contributed by atoms with van der Waals surface area (Å²) >= 11 is 0. The van der Waals surface area contributed by atoms with E-state index >= 15 is 0 Å². The lowest BCUT2D eigenvalue weighted by Crippen LogP contribution is -2.33. The fourth-order valence-corrected chi connectivity index (χ4v) is 3.06. The molecular formula is C16H21NO2. The summed E-state index contributed by atoms with van der Waals surface area (Å²) in [4.78, 5) is 14.4. The summed E-state index contributed by atoms with van der Waals surface area (Å²) in [7, 11) is 0. The SMILES string of the molecule is O=C(CC1COc2ccccc21)N1CCCCCC1. The Labute approximate surface area is 114 Å². The van der Waals surface area contributed by atoms with Crippen LogP contribution in [0.3, 0.4) is 0 Å². The topological polar surface area (TPSA) is 29.5 Å². The largest absolute Gasteiger partial charge is 0.493 e. The van der Waals surface area contributed by atoms with Gasteiger partial charge in [-0.15, -0.1) is 0 Å². The normalized spacial score (nSPS) is 22.5. The molecular weight excluding hydrogens is 238 g/mol. The van der Waals surface area contributed by atoms with E-state index in [4.69, 9.17) is 4.74 Å². The standard InChI is InChI=1S/C16H21NO2/c18-16(17-9-5-1-2-6-10-17)11-13-12-19-15-8-4-3-7-14(13)15/h3-4,7-8,13H,1-2,5-6,9-12H2. The number of benzene rings is 1. The van der Waals surface area contributed by atoms with Gasteiger partial charge in [-0.2, -0.15) is 0 Å². The maximum absolute atomic E-state index is 12.4. The van der Waals surface area contributed by atoms with Crippen LogP contribution in [-0.4, -0.2) is 30.5 Å². The van der Waals surface area contributed by atoms with Crippen molar-refractivity contribution in [2.24, 2.45) is 0 Å². The highest BCUT2D eigenvalue weighted by Gasteiger charge is 2.27. The van der Waals surface area contributed by atoms with Gasteiger partial charge in [0.2, 0.25) is 5.91 Å². The minimum absolute atomic E-state index is 0.243. The van der Waals surface area contributed by atoms with Crippen molar-refractivity contribution in [2.75, 3.05) is 19.7 Å².